The van der Waals surface area contributed by atoms with E-state index in [4.69, 9.17) is 4.74 Å². The van der Waals surface area contributed by atoms with Crippen LogP contribution in [0.2, 0.25) is 0 Å². The molecule has 0 bridgehead atoms. The van der Waals surface area contributed by atoms with Crippen LogP contribution < -0.4 is 5.32 Å². The van der Waals surface area contributed by atoms with E-state index in [1.807, 2.05) is 30.3 Å². The van der Waals surface area contributed by atoms with Crippen LogP contribution in [0.4, 0.5) is 11.4 Å². The topological polar surface area (TPSA) is 79.9 Å². The first-order valence-electron chi connectivity index (χ1n) is 6.61. The molecular weight excluding hydrogens is 268 g/mol. The first kappa shape index (κ1) is 13.1. The Labute approximate surface area is 121 Å². The zero-order chi connectivity index (χ0) is 14.7. The van der Waals surface area contributed by atoms with Crippen LogP contribution in [0.25, 0.3) is 11.0 Å². The molecular formula is C15H14N4O2. The summed E-state index contributed by atoms with van der Waals surface area (Å²) in [7, 11) is 0. The number of ether oxygens (including phenoxy) is 1. The lowest BCUT2D eigenvalue weighted by atomic mass is 10.2. The fourth-order valence-electron chi connectivity index (χ4n) is 2.05. The minimum Gasteiger partial charge on any atom is -0.462 e. The number of anilines is 2. The summed E-state index contributed by atoms with van der Waals surface area (Å²) >= 11 is 0. The third-order valence-electron chi connectivity index (χ3n) is 3.01. The van der Waals surface area contributed by atoms with Crippen molar-refractivity contribution in [2.75, 3.05) is 11.9 Å². The Hall–Kier alpha value is -2.89. The predicted octanol–water partition coefficient (Wildman–Crippen LogP) is 2.88. The van der Waals surface area contributed by atoms with Crippen LogP contribution in [-0.2, 0) is 4.74 Å². The summed E-state index contributed by atoms with van der Waals surface area (Å²) in [6.45, 7) is 2.08. The molecule has 0 aliphatic rings. The Bertz CT molecular complexity index is 768. The molecule has 0 saturated carbocycles. The average Bonchev–Trinajstić information content (AvgIpc) is 2.98. The third kappa shape index (κ3) is 2.55. The lowest BCUT2D eigenvalue weighted by molar-refractivity contribution is 0.0527. The standard InChI is InChI=1S/C15H14N4O2/c1-2-21-15(20)11-8-16-12-9-17-19-14(12)13(11)18-10-6-4-3-5-7-10/h3-9H,2H2,1H3,(H,16,18)(H,17,19). The van der Waals surface area contributed by atoms with Gasteiger partial charge in [-0.15, -0.1) is 0 Å². The number of nitrogens with zero attached hydrogens (tertiary/aromatic N) is 2. The van der Waals surface area contributed by atoms with Crippen molar-refractivity contribution in [3.8, 4) is 0 Å². The number of benzene rings is 1. The highest BCUT2D eigenvalue weighted by atomic mass is 16.5. The molecule has 3 rings (SSSR count). The number of hydrogen-bond donors (Lipinski definition) is 2. The second-order valence-electron chi connectivity index (χ2n) is 4.39. The van der Waals surface area contributed by atoms with Crippen LogP contribution in [0.15, 0.2) is 42.7 Å². The number of carbonyl (C=O) groups excluding carboxylic acids is 1. The summed E-state index contributed by atoms with van der Waals surface area (Å²) in [5, 5.41) is 10.1. The maximum atomic E-state index is 12.1. The minimum atomic E-state index is -0.417. The molecule has 106 valence electrons. The highest BCUT2D eigenvalue weighted by Gasteiger charge is 2.17. The van der Waals surface area contributed by atoms with Crippen molar-refractivity contribution in [2.24, 2.45) is 0 Å². The number of nitrogens with one attached hydrogen (secondary N) is 2. The van der Waals surface area contributed by atoms with Gasteiger partial charge in [0.2, 0.25) is 0 Å². The van der Waals surface area contributed by atoms with Crippen LogP contribution >= 0.6 is 0 Å². The summed E-state index contributed by atoms with van der Waals surface area (Å²) in [4.78, 5) is 16.3. The van der Waals surface area contributed by atoms with Gasteiger partial charge in [-0.25, -0.2) is 4.79 Å². The van der Waals surface area contributed by atoms with Gasteiger partial charge in [0, 0.05) is 11.9 Å². The summed E-state index contributed by atoms with van der Waals surface area (Å²) in [5.74, 6) is -0.417. The van der Waals surface area contributed by atoms with Crippen molar-refractivity contribution in [3.05, 3.63) is 48.3 Å². The molecule has 0 amide bonds. The van der Waals surface area contributed by atoms with Gasteiger partial charge in [-0.1, -0.05) is 18.2 Å². The molecule has 6 heteroatoms. The van der Waals surface area contributed by atoms with Gasteiger partial charge in [0.05, 0.1) is 18.5 Å². The highest BCUT2D eigenvalue weighted by molar-refractivity contribution is 6.04. The van der Waals surface area contributed by atoms with E-state index in [1.165, 1.54) is 6.20 Å². The molecule has 0 aliphatic heterocycles. The van der Waals surface area contributed by atoms with Crippen molar-refractivity contribution in [1.82, 2.24) is 15.2 Å². The van der Waals surface area contributed by atoms with Gasteiger partial charge < -0.3 is 10.1 Å². The number of esters is 1. The van der Waals surface area contributed by atoms with E-state index in [-0.39, 0.29) is 0 Å². The van der Waals surface area contributed by atoms with Crippen LogP contribution in [0.1, 0.15) is 17.3 Å². The molecule has 2 aromatic heterocycles. The molecule has 6 nitrogen and oxygen atoms in total. The van der Waals surface area contributed by atoms with Crippen molar-refractivity contribution in [3.63, 3.8) is 0 Å². The molecule has 2 heterocycles. The molecule has 2 N–H and O–H groups in total. The molecule has 1 aromatic carbocycles. The molecule has 3 aromatic rings. The number of para-hydroxylation sites is 1. The summed E-state index contributed by atoms with van der Waals surface area (Å²) in [5.41, 5.74) is 3.20. The normalized spacial score (nSPS) is 10.5. The quantitative estimate of drug-likeness (QED) is 0.719. The summed E-state index contributed by atoms with van der Waals surface area (Å²) < 4.78 is 5.08. The number of hydrogen-bond acceptors (Lipinski definition) is 5. The molecule has 0 spiro atoms. The molecule has 0 saturated heterocycles. The maximum Gasteiger partial charge on any atom is 0.341 e. The van der Waals surface area contributed by atoms with E-state index in [0.717, 1.165) is 5.69 Å². The number of pyridine rings is 1. The van der Waals surface area contributed by atoms with Crippen molar-refractivity contribution in [2.45, 2.75) is 6.92 Å². The molecule has 0 atom stereocenters. The lowest BCUT2D eigenvalue weighted by Crippen LogP contribution is -2.09. The number of fused-ring (bicyclic) bond motifs is 1. The van der Waals surface area contributed by atoms with Gasteiger partial charge in [-0.05, 0) is 19.1 Å². The summed E-state index contributed by atoms with van der Waals surface area (Å²) in [6.07, 6.45) is 3.11. The van der Waals surface area contributed by atoms with Gasteiger partial charge in [0.25, 0.3) is 0 Å². The van der Waals surface area contributed by atoms with Crippen LogP contribution in [0.3, 0.4) is 0 Å². The van der Waals surface area contributed by atoms with Crippen LogP contribution in [0, 0.1) is 0 Å². The number of aromatic amines is 1. The second kappa shape index (κ2) is 5.62. The van der Waals surface area contributed by atoms with Gasteiger partial charge >= 0.3 is 5.97 Å². The fraction of sp³-hybridized carbons (Fsp3) is 0.133. The van der Waals surface area contributed by atoms with Crippen molar-refractivity contribution >= 4 is 28.4 Å². The largest absolute Gasteiger partial charge is 0.462 e. The van der Waals surface area contributed by atoms with Crippen LogP contribution in [-0.4, -0.2) is 27.8 Å². The number of carbonyl (C=O) groups is 1. The molecule has 0 fully saturated rings. The van der Waals surface area contributed by atoms with Gasteiger partial charge in [0.15, 0.2) is 0 Å². The Morgan fingerprint density at radius 1 is 1.29 bits per heavy atom. The molecule has 0 radical (unpaired) electrons. The minimum absolute atomic E-state index is 0.310. The molecule has 0 aliphatic carbocycles. The van der Waals surface area contributed by atoms with Crippen molar-refractivity contribution < 1.29 is 9.53 Å². The van der Waals surface area contributed by atoms with E-state index in [1.54, 1.807) is 13.1 Å². The Kier molecular flexibility index (Phi) is 3.51. The molecule has 0 unspecified atom stereocenters. The lowest BCUT2D eigenvalue weighted by Gasteiger charge is -2.11. The van der Waals surface area contributed by atoms with E-state index in [9.17, 15) is 4.79 Å². The first-order valence-corrected chi connectivity index (χ1v) is 6.61. The third-order valence-corrected chi connectivity index (χ3v) is 3.01. The van der Waals surface area contributed by atoms with Gasteiger partial charge in [-0.3, -0.25) is 10.1 Å². The van der Waals surface area contributed by atoms with Gasteiger partial charge in [-0.2, -0.15) is 5.10 Å². The van der Waals surface area contributed by atoms with Crippen molar-refractivity contribution in [1.29, 1.82) is 0 Å². The fourth-order valence-corrected chi connectivity index (χ4v) is 2.05. The number of rotatable bonds is 4. The monoisotopic (exact) mass is 282 g/mol. The SMILES string of the molecule is CCOC(=O)c1cnc2cn[nH]c2c1Nc1ccccc1. The van der Waals surface area contributed by atoms with E-state index < -0.39 is 5.97 Å². The van der Waals surface area contributed by atoms with E-state index in [0.29, 0.717) is 28.9 Å². The maximum absolute atomic E-state index is 12.1. The predicted molar refractivity (Wildman–Crippen MR) is 79.6 cm³/mol. The smallest absolute Gasteiger partial charge is 0.341 e. The second-order valence-corrected chi connectivity index (χ2v) is 4.39. The van der Waals surface area contributed by atoms with Gasteiger partial charge in [0.1, 0.15) is 16.6 Å². The van der Waals surface area contributed by atoms with Crippen LogP contribution in [0.5, 0.6) is 0 Å². The Morgan fingerprint density at radius 3 is 2.86 bits per heavy atom. The van der Waals surface area contributed by atoms with E-state index >= 15 is 0 Å². The average molecular weight is 282 g/mol. The zero-order valence-corrected chi connectivity index (χ0v) is 11.5. The first-order chi connectivity index (χ1) is 10.3. The highest BCUT2D eigenvalue weighted by Crippen LogP contribution is 2.27. The number of aromatic nitrogens is 3. The number of H-pyrrole nitrogens is 1. The Morgan fingerprint density at radius 2 is 2.10 bits per heavy atom. The van der Waals surface area contributed by atoms with E-state index in [2.05, 4.69) is 20.5 Å². The molecule has 21 heavy (non-hydrogen) atoms. The zero-order valence-electron chi connectivity index (χ0n) is 11.5. The Balaban J connectivity index is 2.10. The summed E-state index contributed by atoms with van der Waals surface area (Å²) in [6, 6.07) is 9.58.